The summed E-state index contributed by atoms with van der Waals surface area (Å²) in [5.74, 6) is -1.90. The Morgan fingerprint density at radius 1 is 1.39 bits per heavy atom. The van der Waals surface area contributed by atoms with E-state index in [1.807, 2.05) is 13.8 Å². The first-order valence-electron chi connectivity index (χ1n) is 9.79. The van der Waals surface area contributed by atoms with Crippen molar-refractivity contribution in [1.82, 2.24) is 0 Å². The molecular formula is C21H28O7. The predicted octanol–water partition coefficient (Wildman–Crippen LogP) is 2.82. The summed E-state index contributed by atoms with van der Waals surface area (Å²) in [6, 6.07) is 1.76. The second-order valence-corrected chi connectivity index (χ2v) is 8.31. The molecule has 3 rings (SSSR count). The number of rotatable bonds is 6. The number of hydrogen-bond acceptors (Lipinski definition) is 7. The number of carbonyl (C=O) groups excluding carboxylic acids is 3. The maximum atomic E-state index is 13.2. The first-order chi connectivity index (χ1) is 13.3. The maximum absolute atomic E-state index is 13.2. The number of furan rings is 1. The fourth-order valence-corrected chi connectivity index (χ4v) is 5.07. The molecule has 0 radical (unpaired) electrons. The van der Waals surface area contributed by atoms with Crippen LogP contribution in [0.2, 0.25) is 0 Å². The molecule has 1 aromatic rings. The van der Waals surface area contributed by atoms with Crippen LogP contribution < -0.4 is 0 Å². The highest BCUT2D eigenvalue weighted by molar-refractivity contribution is 5.88. The van der Waals surface area contributed by atoms with E-state index >= 15 is 0 Å². The zero-order valence-corrected chi connectivity index (χ0v) is 16.6. The van der Waals surface area contributed by atoms with Gasteiger partial charge in [0.05, 0.1) is 25.6 Å². The van der Waals surface area contributed by atoms with Gasteiger partial charge >= 0.3 is 11.9 Å². The van der Waals surface area contributed by atoms with E-state index in [1.165, 1.54) is 13.4 Å². The van der Waals surface area contributed by atoms with Crippen molar-refractivity contribution in [2.24, 2.45) is 23.2 Å². The van der Waals surface area contributed by atoms with E-state index < -0.39 is 29.5 Å². The van der Waals surface area contributed by atoms with Gasteiger partial charge in [-0.15, -0.1) is 0 Å². The summed E-state index contributed by atoms with van der Waals surface area (Å²) in [4.78, 5) is 37.3. The molecule has 28 heavy (non-hydrogen) atoms. The summed E-state index contributed by atoms with van der Waals surface area (Å²) in [5, 5.41) is 10.5. The third-order valence-electron chi connectivity index (χ3n) is 6.55. The Morgan fingerprint density at radius 2 is 2.14 bits per heavy atom. The number of cyclic esters (lactones) is 1. The van der Waals surface area contributed by atoms with E-state index in [0.717, 1.165) is 5.56 Å². The number of methoxy groups -OCH3 is 1. The number of ketones is 1. The van der Waals surface area contributed by atoms with Crippen LogP contribution in [0.4, 0.5) is 0 Å². The predicted molar refractivity (Wildman–Crippen MR) is 97.9 cm³/mol. The largest absolute Gasteiger partial charge is 0.472 e. The summed E-state index contributed by atoms with van der Waals surface area (Å²) in [6.07, 6.45) is 3.22. The molecule has 1 aromatic heterocycles. The molecule has 7 nitrogen and oxygen atoms in total. The number of esters is 2. The van der Waals surface area contributed by atoms with Gasteiger partial charge in [0, 0.05) is 17.9 Å². The molecule has 0 spiro atoms. The molecule has 6 atom stereocenters. The summed E-state index contributed by atoms with van der Waals surface area (Å²) in [5.41, 5.74) is 0.141. The Hall–Kier alpha value is -2.15. The van der Waals surface area contributed by atoms with Crippen molar-refractivity contribution < 1.29 is 33.4 Å². The number of ether oxygens (including phenoxy) is 2. The van der Waals surface area contributed by atoms with Crippen LogP contribution >= 0.6 is 0 Å². The van der Waals surface area contributed by atoms with Gasteiger partial charge in [-0.1, -0.05) is 13.8 Å². The number of aliphatic hydroxyl groups excluding tert-OH is 1. The van der Waals surface area contributed by atoms with E-state index in [-0.39, 0.29) is 36.4 Å². The van der Waals surface area contributed by atoms with Gasteiger partial charge in [-0.2, -0.15) is 0 Å². The first kappa shape index (κ1) is 20.6. The number of fused-ring (bicyclic) bond motifs is 1. The van der Waals surface area contributed by atoms with Crippen molar-refractivity contribution in [1.29, 1.82) is 0 Å². The van der Waals surface area contributed by atoms with Crippen LogP contribution in [0.1, 0.15) is 57.6 Å². The minimum Gasteiger partial charge on any atom is -0.472 e. The lowest BCUT2D eigenvalue weighted by atomic mass is 9.53. The topological polar surface area (TPSA) is 103 Å². The molecule has 1 aliphatic carbocycles. The van der Waals surface area contributed by atoms with Crippen molar-refractivity contribution in [2.75, 3.05) is 7.11 Å². The zero-order chi connectivity index (χ0) is 20.5. The second-order valence-electron chi connectivity index (χ2n) is 8.31. The van der Waals surface area contributed by atoms with Crippen molar-refractivity contribution >= 4 is 17.7 Å². The zero-order valence-electron chi connectivity index (χ0n) is 16.6. The average molecular weight is 392 g/mol. The molecule has 1 N–H and O–H groups in total. The van der Waals surface area contributed by atoms with Crippen LogP contribution in [0.15, 0.2) is 23.0 Å². The highest BCUT2D eigenvalue weighted by Gasteiger charge is 2.57. The van der Waals surface area contributed by atoms with Gasteiger partial charge in [-0.05, 0) is 43.1 Å². The van der Waals surface area contributed by atoms with Gasteiger partial charge in [0.2, 0.25) is 0 Å². The fraction of sp³-hybridized carbons (Fsp3) is 0.667. The molecule has 7 heteroatoms. The van der Waals surface area contributed by atoms with E-state index in [1.54, 1.807) is 12.3 Å². The Bertz CT molecular complexity index is 725. The quantitative estimate of drug-likeness (QED) is 0.743. The van der Waals surface area contributed by atoms with E-state index in [0.29, 0.717) is 19.3 Å². The Balaban J connectivity index is 1.85. The Morgan fingerprint density at radius 3 is 2.79 bits per heavy atom. The van der Waals surface area contributed by atoms with Crippen molar-refractivity contribution in [3.63, 3.8) is 0 Å². The first-order valence-corrected chi connectivity index (χ1v) is 9.79. The lowest BCUT2D eigenvalue weighted by Crippen LogP contribution is -2.55. The van der Waals surface area contributed by atoms with Gasteiger partial charge in [0.25, 0.3) is 0 Å². The van der Waals surface area contributed by atoms with Gasteiger partial charge in [0.1, 0.15) is 12.2 Å². The molecule has 0 aromatic carbocycles. The molecule has 154 valence electrons. The molecule has 0 bridgehead atoms. The van der Waals surface area contributed by atoms with Gasteiger partial charge in [-0.25, -0.2) is 0 Å². The average Bonchev–Trinajstić information content (AvgIpc) is 3.19. The van der Waals surface area contributed by atoms with Crippen molar-refractivity contribution in [3.8, 4) is 0 Å². The number of hydrogen-bond donors (Lipinski definition) is 1. The van der Waals surface area contributed by atoms with E-state index in [9.17, 15) is 19.5 Å². The molecule has 2 fully saturated rings. The fourth-order valence-electron chi connectivity index (χ4n) is 5.07. The smallest absolute Gasteiger partial charge is 0.310 e. The van der Waals surface area contributed by atoms with Gasteiger partial charge < -0.3 is 19.0 Å². The Kier molecular flexibility index (Phi) is 5.93. The van der Waals surface area contributed by atoms with Crippen molar-refractivity contribution in [3.05, 3.63) is 24.2 Å². The lowest BCUT2D eigenvalue weighted by Gasteiger charge is -2.52. The molecule has 2 aliphatic rings. The third kappa shape index (κ3) is 3.72. The van der Waals surface area contributed by atoms with Crippen molar-refractivity contribution in [2.45, 2.75) is 58.2 Å². The third-order valence-corrected chi connectivity index (χ3v) is 6.55. The monoisotopic (exact) mass is 392 g/mol. The molecule has 6 unspecified atom stereocenters. The highest BCUT2D eigenvalue weighted by atomic mass is 16.5. The van der Waals surface area contributed by atoms with Crippen LogP contribution in [0.5, 0.6) is 0 Å². The van der Waals surface area contributed by atoms with Crippen LogP contribution in [0.3, 0.4) is 0 Å². The number of carbonyl (C=O) groups is 3. The molecular weight excluding hydrogens is 364 g/mol. The summed E-state index contributed by atoms with van der Waals surface area (Å²) >= 11 is 0. The van der Waals surface area contributed by atoms with E-state index in [2.05, 4.69) is 4.74 Å². The normalized spacial score (nSPS) is 33.5. The van der Waals surface area contributed by atoms with Crippen LogP contribution in [0.25, 0.3) is 0 Å². The number of aliphatic hydroxyl groups is 1. The summed E-state index contributed by atoms with van der Waals surface area (Å²) in [6.45, 7) is 3.94. The standard InChI is InChI=1S/C21H28O7/c1-12-4-5-14-20(25)28-16(13-8-9-27-11-13)10-21(14,2)18(12)19(24)15(22)6-7-17(23)26-3/h8-9,11-12,14-16,18,22H,4-7,10H2,1-3H3. The van der Waals surface area contributed by atoms with Crippen LogP contribution in [0, 0.1) is 23.2 Å². The molecule has 1 saturated carbocycles. The summed E-state index contributed by atoms with van der Waals surface area (Å²) < 4.78 is 15.4. The minimum absolute atomic E-state index is 0.0189. The minimum atomic E-state index is -1.26. The maximum Gasteiger partial charge on any atom is 0.310 e. The highest BCUT2D eigenvalue weighted by Crippen LogP contribution is 2.56. The SMILES string of the molecule is COC(=O)CCC(O)C(=O)C1C(C)CCC2C(=O)OC(c3ccoc3)CC21C. The lowest BCUT2D eigenvalue weighted by molar-refractivity contribution is -0.187. The van der Waals surface area contributed by atoms with Gasteiger partial charge in [-0.3, -0.25) is 14.4 Å². The number of Topliss-reactive ketones (excluding diaryl/α,β-unsaturated/α-hetero) is 1. The van der Waals surface area contributed by atoms with Crippen LogP contribution in [-0.2, 0) is 23.9 Å². The molecule has 1 aliphatic heterocycles. The van der Waals surface area contributed by atoms with Gasteiger partial charge in [0.15, 0.2) is 5.78 Å². The second kappa shape index (κ2) is 8.07. The molecule has 1 saturated heterocycles. The van der Waals surface area contributed by atoms with Crippen LogP contribution in [-0.4, -0.2) is 36.0 Å². The summed E-state index contributed by atoms with van der Waals surface area (Å²) in [7, 11) is 1.27. The molecule has 0 amide bonds. The molecule has 2 heterocycles. The van der Waals surface area contributed by atoms with E-state index in [4.69, 9.17) is 9.15 Å². The Labute approximate surface area is 164 Å².